The van der Waals surface area contributed by atoms with Gasteiger partial charge in [0, 0.05) is 12.1 Å². The van der Waals surface area contributed by atoms with Gasteiger partial charge in [-0.3, -0.25) is 9.79 Å². The van der Waals surface area contributed by atoms with E-state index in [0.717, 1.165) is 30.5 Å². The molecular formula is C27H29F3N2O3. The Hall–Kier alpha value is -3.16. The van der Waals surface area contributed by atoms with Crippen molar-refractivity contribution in [1.82, 2.24) is 4.90 Å². The molecule has 1 saturated carbocycles. The van der Waals surface area contributed by atoms with Crippen LogP contribution in [0.25, 0.3) is 0 Å². The number of carbonyl (C=O) groups excluding carboxylic acids is 1. The summed E-state index contributed by atoms with van der Waals surface area (Å²) in [7, 11) is 0. The van der Waals surface area contributed by atoms with Crippen LogP contribution in [-0.2, 0) is 17.5 Å². The van der Waals surface area contributed by atoms with E-state index >= 15 is 0 Å². The van der Waals surface area contributed by atoms with Gasteiger partial charge in [0.15, 0.2) is 0 Å². The van der Waals surface area contributed by atoms with Crippen LogP contribution in [0.15, 0.2) is 53.5 Å². The lowest BCUT2D eigenvalue weighted by atomic mass is 9.69. The number of hydrogen-bond donors (Lipinski definition) is 1. The number of carbonyl (C=O) groups is 2. The molecule has 1 fully saturated rings. The van der Waals surface area contributed by atoms with Crippen LogP contribution in [0.1, 0.15) is 73.5 Å². The predicted octanol–water partition coefficient (Wildman–Crippen LogP) is 6.17. The van der Waals surface area contributed by atoms with Gasteiger partial charge in [-0.1, -0.05) is 45.0 Å². The van der Waals surface area contributed by atoms with Crippen LogP contribution in [0.5, 0.6) is 0 Å². The van der Waals surface area contributed by atoms with Crippen LogP contribution >= 0.6 is 0 Å². The molecule has 0 atom stereocenters. The normalized spacial score (nSPS) is 23.0. The molecule has 0 bridgehead atoms. The van der Waals surface area contributed by atoms with Crippen molar-refractivity contribution in [3.8, 4) is 0 Å². The van der Waals surface area contributed by atoms with Crippen molar-refractivity contribution < 1.29 is 27.9 Å². The van der Waals surface area contributed by atoms with Crippen molar-refractivity contribution in [2.24, 2.45) is 16.3 Å². The van der Waals surface area contributed by atoms with Gasteiger partial charge in [0.05, 0.1) is 11.1 Å². The van der Waals surface area contributed by atoms with Crippen LogP contribution in [0, 0.1) is 11.3 Å². The van der Waals surface area contributed by atoms with E-state index < -0.39 is 29.3 Å². The summed E-state index contributed by atoms with van der Waals surface area (Å²) in [4.78, 5) is 31.3. The highest BCUT2D eigenvalue weighted by molar-refractivity contribution is 6.46. The SMILES string of the molecule is CC(C)(C)C1CCC2(CC1)N=C(c1cccc(C(F)(F)F)c1)C(=O)N2Cc1ccc(C(=O)O)cc1. The van der Waals surface area contributed by atoms with E-state index in [1.165, 1.54) is 24.3 Å². The Morgan fingerprint density at radius 2 is 1.71 bits per heavy atom. The van der Waals surface area contributed by atoms with Gasteiger partial charge >= 0.3 is 12.1 Å². The number of hydrogen-bond acceptors (Lipinski definition) is 3. The van der Waals surface area contributed by atoms with E-state index in [-0.39, 0.29) is 28.8 Å². The molecular weight excluding hydrogens is 457 g/mol. The minimum atomic E-state index is -4.52. The fourth-order valence-electron chi connectivity index (χ4n) is 5.15. The highest BCUT2D eigenvalue weighted by Gasteiger charge is 2.50. The number of alkyl halides is 3. The maximum Gasteiger partial charge on any atom is 0.416 e. The molecule has 4 rings (SSSR count). The van der Waals surface area contributed by atoms with E-state index in [1.54, 1.807) is 17.0 Å². The second kappa shape index (κ2) is 8.81. The van der Waals surface area contributed by atoms with Gasteiger partial charge in [-0.05, 0) is 66.8 Å². The number of aliphatic imine (C=N–C) groups is 1. The first kappa shape index (κ1) is 24.9. The Balaban J connectivity index is 1.70. The van der Waals surface area contributed by atoms with Crippen molar-refractivity contribution in [1.29, 1.82) is 0 Å². The molecule has 0 aromatic heterocycles. The maximum atomic E-state index is 13.6. The molecule has 1 aliphatic heterocycles. The Bertz CT molecular complexity index is 1160. The lowest BCUT2D eigenvalue weighted by molar-refractivity contribution is -0.137. The number of carboxylic acids is 1. The fraction of sp³-hybridized carbons (Fsp3) is 0.444. The Kier molecular flexibility index (Phi) is 6.28. The van der Waals surface area contributed by atoms with Crippen molar-refractivity contribution >= 4 is 17.6 Å². The average molecular weight is 487 g/mol. The van der Waals surface area contributed by atoms with Gasteiger partial charge in [-0.2, -0.15) is 13.2 Å². The van der Waals surface area contributed by atoms with Gasteiger partial charge in [-0.25, -0.2) is 4.79 Å². The second-order valence-corrected chi connectivity index (χ2v) is 10.6. The quantitative estimate of drug-likeness (QED) is 0.562. The first-order valence-corrected chi connectivity index (χ1v) is 11.7. The maximum absolute atomic E-state index is 13.6. The molecule has 1 spiro atoms. The monoisotopic (exact) mass is 486 g/mol. The molecule has 186 valence electrons. The molecule has 0 saturated heterocycles. The molecule has 2 aromatic rings. The van der Waals surface area contributed by atoms with Gasteiger partial charge < -0.3 is 10.0 Å². The summed E-state index contributed by atoms with van der Waals surface area (Å²) in [6.45, 7) is 6.77. The van der Waals surface area contributed by atoms with E-state index in [1.807, 2.05) is 0 Å². The molecule has 0 unspecified atom stereocenters. The van der Waals surface area contributed by atoms with Crippen LogP contribution in [0.2, 0.25) is 0 Å². The topological polar surface area (TPSA) is 70.0 Å². The van der Waals surface area contributed by atoms with E-state index in [4.69, 9.17) is 10.1 Å². The number of aromatic carboxylic acids is 1. The molecule has 5 nitrogen and oxygen atoms in total. The lowest BCUT2D eigenvalue weighted by Gasteiger charge is -2.44. The fourth-order valence-corrected chi connectivity index (χ4v) is 5.15. The van der Waals surface area contributed by atoms with Crippen molar-refractivity contribution in [2.45, 2.75) is 64.8 Å². The molecule has 1 N–H and O–H groups in total. The highest BCUT2D eigenvalue weighted by atomic mass is 19.4. The largest absolute Gasteiger partial charge is 0.478 e. The third-order valence-electron chi connectivity index (χ3n) is 7.29. The summed E-state index contributed by atoms with van der Waals surface area (Å²) in [6, 6.07) is 11.0. The third kappa shape index (κ3) is 4.97. The number of amides is 1. The number of nitrogens with zero attached hydrogens (tertiary/aromatic N) is 2. The molecule has 1 heterocycles. The van der Waals surface area contributed by atoms with Crippen LogP contribution < -0.4 is 0 Å². The molecule has 1 amide bonds. The van der Waals surface area contributed by atoms with Gasteiger partial charge in [0.2, 0.25) is 0 Å². The third-order valence-corrected chi connectivity index (χ3v) is 7.29. The molecule has 0 radical (unpaired) electrons. The minimum Gasteiger partial charge on any atom is -0.478 e. The molecule has 8 heteroatoms. The standard InChI is InChI=1S/C27H29F3N2O3/c1-25(2,3)20-11-13-26(14-12-20)31-22(19-5-4-6-21(15-19)27(28,29)30)23(33)32(26)16-17-7-9-18(10-8-17)24(34)35/h4-10,15,20H,11-14,16H2,1-3H3,(H,34,35). The second-order valence-electron chi connectivity index (χ2n) is 10.6. The average Bonchev–Trinajstić information content (AvgIpc) is 3.05. The summed E-state index contributed by atoms with van der Waals surface area (Å²) in [5.41, 5.74) is -0.454. The number of halogens is 3. The first-order valence-electron chi connectivity index (χ1n) is 11.7. The summed E-state index contributed by atoms with van der Waals surface area (Å²) in [6.07, 6.45) is -1.58. The van der Waals surface area contributed by atoms with Crippen LogP contribution in [-0.4, -0.2) is 33.3 Å². The smallest absolute Gasteiger partial charge is 0.416 e. The van der Waals surface area contributed by atoms with Crippen molar-refractivity contribution in [2.75, 3.05) is 0 Å². The molecule has 35 heavy (non-hydrogen) atoms. The zero-order chi connectivity index (χ0) is 25.6. The van der Waals surface area contributed by atoms with E-state index in [0.29, 0.717) is 18.8 Å². The Morgan fingerprint density at radius 1 is 1.09 bits per heavy atom. The summed E-state index contributed by atoms with van der Waals surface area (Å²) in [5, 5.41) is 9.17. The number of carboxylic acid groups (broad SMARTS) is 1. The van der Waals surface area contributed by atoms with Crippen LogP contribution in [0.3, 0.4) is 0 Å². The molecule has 2 aromatic carbocycles. The molecule has 1 aliphatic carbocycles. The van der Waals surface area contributed by atoms with E-state index in [9.17, 15) is 22.8 Å². The Labute approximate surface area is 202 Å². The van der Waals surface area contributed by atoms with Crippen molar-refractivity contribution in [3.05, 3.63) is 70.8 Å². The highest BCUT2D eigenvalue weighted by Crippen LogP contribution is 2.47. The van der Waals surface area contributed by atoms with Gasteiger partial charge in [-0.15, -0.1) is 0 Å². The summed E-state index contributed by atoms with van der Waals surface area (Å²) >= 11 is 0. The zero-order valence-electron chi connectivity index (χ0n) is 20.0. The molecule has 2 aliphatic rings. The van der Waals surface area contributed by atoms with E-state index in [2.05, 4.69) is 20.8 Å². The summed E-state index contributed by atoms with van der Waals surface area (Å²) in [5.74, 6) is -0.991. The van der Waals surface area contributed by atoms with Gasteiger partial charge in [0.25, 0.3) is 5.91 Å². The predicted molar refractivity (Wildman–Crippen MR) is 126 cm³/mol. The van der Waals surface area contributed by atoms with Gasteiger partial charge in [0.1, 0.15) is 11.4 Å². The zero-order valence-corrected chi connectivity index (χ0v) is 20.0. The van der Waals surface area contributed by atoms with Crippen LogP contribution in [0.4, 0.5) is 13.2 Å². The van der Waals surface area contributed by atoms with Crippen molar-refractivity contribution in [3.63, 3.8) is 0 Å². The number of benzene rings is 2. The first-order chi connectivity index (χ1) is 16.3. The Morgan fingerprint density at radius 3 is 2.26 bits per heavy atom. The number of rotatable bonds is 4. The summed E-state index contributed by atoms with van der Waals surface area (Å²) < 4.78 is 40.0. The lowest BCUT2D eigenvalue weighted by Crippen LogP contribution is -2.49. The minimum absolute atomic E-state index is 0.0486.